The lowest BCUT2D eigenvalue weighted by atomic mass is 9.92. The summed E-state index contributed by atoms with van der Waals surface area (Å²) < 4.78 is 4.71. The molecule has 22 heavy (non-hydrogen) atoms. The Hall–Kier alpha value is -1.82. The van der Waals surface area contributed by atoms with Crippen LogP contribution < -0.4 is 10.8 Å². The molecule has 6 heteroatoms. The third-order valence-corrected chi connectivity index (χ3v) is 3.92. The topological polar surface area (TPSA) is 58.6 Å². The van der Waals surface area contributed by atoms with Gasteiger partial charge in [0, 0.05) is 18.7 Å². The molecule has 118 valence electrons. The van der Waals surface area contributed by atoms with E-state index in [4.69, 9.17) is 4.74 Å². The Balaban J connectivity index is 1.91. The molecule has 0 spiro atoms. The second-order valence-corrected chi connectivity index (χ2v) is 5.74. The average molecular weight is 302 g/mol. The predicted molar refractivity (Wildman–Crippen MR) is 88.6 cm³/mol. The zero-order chi connectivity index (χ0) is 15.9. The van der Waals surface area contributed by atoms with Crippen molar-refractivity contribution in [2.45, 2.75) is 19.3 Å². The predicted octanol–water partition coefficient (Wildman–Crippen LogP) is -0.0527. The van der Waals surface area contributed by atoms with Gasteiger partial charge in [-0.15, -0.1) is 0 Å². The molecule has 0 atom stereocenters. The number of nitrogens with zero attached hydrogens (tertiary/aromatic N) is 1. The van der Waals surface area contributed by atoms with Gasteiger partial charge in [-0.25, -0.2) is 4.79 Å². The number of amides is 1. The number of hydrogen-bond acceptors (Lipinski definition) is 4. The SMILES string of the molecule is Bc1cc(C(=O)NCCN2CCCCC2)cc(C(=O)OC)c1. The first-order chi connectivity index (χ1) is 10.6. The van der Waals surface area contributed by atoms with Gasteiger partial charge in [0.15, 0.2) is 0 Å². The van der Waals surface area contributed by atoms with Crippen LogP contribution in [0.4, 0.5) is 0 Å². The van der Waals surface area contributed by atoms with Crippen molar-refractivity contribution in [1.82, 2.24) is 10.2 Å². The van der Waals surface area contributed by atoms with Gasteiger partial charge in [0.2, 0.25) is 0 Å². The highest BCUT2D eigenvalue weighted by Gasteiger charge is 2.13. The van der Waals surface area contributed by atoms with Crippen molar-refractivity contribution in [3.05, 3.63) is 29.3 Å². The minimum atomic E-state index is -0.425. The number of ether oxygens (including phenoxy) is 1. The van der Waals surface area contributed by atoms with Crippen LogP contribution in [0.2, 0.25) is 0 Å². The summed E-state index contributed by atoms with van der Waals surface area (Å²) in [5, 5.41) is 2.92. The molecule has 0 bridgehead atoms. The maximum Gasteiger partial charge on any atom is 0.337 e. The quantitative estimate of drug-likeness (QED) is 0.612. The van der Waals surface area contributed by atoms with Crippen LogP contribution in [0.15, 0.2) is 18.2 Å². The van der Waals surface area contributed by atoms with Crippen LogP contribution in [0, 0.1) is 0 Å². The molecular weight excluding hydrogens is 279 g/mol. The number of esters is 1. The van der Waals surface area contributed by atoms with Crippen LogP contribution in [0.25, 0.3) is 0 Å². The number of benzene rings is 1. The number of nitrogens with one attached hydrogen (secondary N) is 1. The summed E-state index contributed by atoms with van der Waals surface area (Å²) in [6, 6.07) is 5.08. The molecule has 0 saturated carbocycles. The third kappa shape index (κ3) is 4.60. The van der Waals surface area contributed by atoms with Gasteiger partial charge >= 0.3 is 5.97 Å². The van der Waals surface area contributed by atoms with Crippen molar-refractivity contribution in [2.75, 3.05) is 33.3 Å². The summed E-state index contributed by atoms with van der Waals surface area (Å²) >= 11 is 0. The van der Waals surface area contributed by atoms with E-state index in [1.165, 1.54) is 26.4 Å². The van der Waals surface area contributed by atoms with Crippen molar-refractivity contribution in [1.29, 1.82) is 0 Å². The monoisotopic (exact) mass is 302 g/mol. The summed E-state index contributed by atoms with van der Waals surface area (Å²) in [4.78, 5) is 26.2. The average Bonchev–Trinajstić information content (AvgIpc) is 2.54. The van der Waals surface area contributed by atoms with Crippen molar-refractivity contribution in [3.63, 3.8) is 0 Å². The molecule has 1 N–H and O–H groups in total. The van der Waals surface area contributed by atoms with E-state index in [0.717, 1.165) is 25.1 Å². The summed E-state index contributed by atoms with van der Waals surface area (Å²) in [6.45, 7) is 3.74. The number of rotatable bonds is 5. The van der Waals surface area contributed by atoms with Crippen molar-refractivity contribution in [3.8, 4) is 0 Å². The molecule has 1 saturated heterocycles. The largest absolute Gasteiger partial charge is 0.465 e. The highest BCUT2D eigenvalue weighted by molar-refractivity contribution is 6.33. The summed E-state index contributed by atoms with van der Waals surface area (Å²) in [5.41, 5.74) is 1.77. The van der Waals surface area contributed by atoms with E-state index in [0.29, 0.717) is 17.7 Å². The fourth-order valence-corrected chi connectivity index (χ4v) is 2.76. The van der Waals surface area contributed by atoms with Crippen molar-refractivity contribution < 1.29 is 14.3 Å². The molecule has 1 aliphatic rings. The number of carbonyl (C=O) groups is 2. The Morgan fingerprint density at radius 2 is 1.86 bits per heavy atom. The molecule has 5 nitrogen and oxygen atoms in total. The summed E-state index contributed by atoms with van der Waals surface area (Å²) in [7, 11) is 3.19. The second kappa shape index (κ2) is 7.99. The maximum atomic E-state index is 12.2. The number of carbonyl (C=O) groups excluding carboxylic acids is 2. The van der Waals surface area contributed by atoms with E-state index >= 15 is 0 Å². The number of methoxy groups -OCH3 is 1. The Labute approximate surface area is 132 Å². The normalized spacial score (nSPS) is 15.3. The van der Waals surface area contributed by atoms with Gasteiger partial charge in [0.1, 0.15) is 7.85 Å². The summed E-state index contributed by atoms with van der Waals surface area (Å²) in [5.74, 6) is -0.572. The number of likely N-dealkylation sites (tertiary alicyclic amines) is 1. The Bertz CT molecular complexity index is 542. The van der Waals surface area contributed by atoms with E-state index in [-0.39, 0.29) is 5.91 Å². The standard InChI is InChI=1S/C16H23BN2O3/c1-22-16(21)13-9-12(10-14(17)11-13)15(20)18-5-8-19-6-3-2-4-7-19/h9-11H,2-8,17H2,1H3,(H,18,20). The van der Waals surface area contributed by atoms with Gasteiger partial charge in [-0.05, 0) is 32.0 Å². The van der Waals surface area contributed by atoms with Gasteiger partial charge in [-0.3, -0.25) is 4.79 Å². The number of piperidine rings is 1. The lowest BCUT2D eigenvalue weighted by Gasteiger charge is -2.26. The molecule has 1 aromatic rings. The van der Waals surface area contributed by atoms with Crippen LogP contribution in [-0.2, 0) is 4.74 Å². The van der Waals surface area contributed by atoms with E-state index in [1.807, 2.05) is 7.85 Å². The zero-order valence-corrected chi connectivity index (χ0v) is 13.4. The van der Waals surface area contributed by atoms with Gasteiger partial charge in [-0.2, -0.15) is 0 Å². The maximum absolute atomic E-state index is 12.2. The molecule has 0 aromatic heterocycles. The lowest BCUT2D eigenvalue weighted by Crippen LogP contribution is -2.37. The van der Waals surface area contributed by atoms with E-state index in [1.54, 1.807) is 18.2 Å². The van der Waals surface area contributed by atoms with Gasteiger partial charge in [0.25, 0.3) is 5.91 Å². The van der Waals surface area contributed by atoms with Crippen molar-refractivity contribution >= 4 is 25.2 Å². The van der Waals surface area contributed by atoms with E-state index in [9.17, 15) is 9.59 Å². The molecule has 0 unspecified atom stereocenters. The zero-order valence-electron chi connectivity index (χ0n) is 13.4. The van der Waals surface area contributed by atoms with Gasteiger partial charge < -0.3 is 15.0 Å². The molecule has 1 fully saturated rings. The molecule has 0 aliphatic carbocycles. The van der Waals surface area contributed by atoms with E-state index in [2.05, 4.69) is 10.2 Å². The van der Waals surface area contributed by atoms with Gasteiger partial charge in [-0.1, -0.05) is 24.0 Å². The summed E-state index contributed by atoms with van der Waals surface area (Å²) in [6.07, 6.45) is 3.80. The highest BCUT2D eigenvalue weighted by atomic mass is 16.5. The molecule has 1 amide bonds. The Kier molecular flexibility index (Phi) is 6.01. The first-order valence-corrected chi connectivity index (χ1v) is 7.80. The fourth-order valence-electron chi connectivity index (χ4n) is 2.76. The lowest BCUT2D eigenvalue weighted by molar-refractivity contribution is 0.0601. The second-order valence-electron chi connectivity index (χ2n) is 5.74. The third-order valence-electron chi connectivity index (χ3n) is 3.92. The Morgan fingerprint density at radius 1 is 1.18 bits per heavy atom. The van der Waals surface area contributed by atoms with Crippen LogP contribution in [0.5, 0.6) is 0 Å². The minimum absolute atomic E-state index is 0.147. The fraction of sp³-hybridized carbons (Fsp3) is 0.500. The minimum Gasteiger partial charge on any atom is -0.465 e. The Morgan fingerprint density at radius 3 is 2.55 bits per heavy atom. The molecule has 2 rings (SSSR count). The molecular formula is C16H23BN2O3. The van der Waals surface area contributed by atoms with Crippen LogP contribution in [-0.4, -0.2) is 57.9 Å². The highest BCUT2D eigenvalue weighted by Crippen LogP contribution is 2.08. The molecule has 0 radical (unpaired) electrons. The van der Waals surface area contributed by atoms with Crippen LogP contribution >= 0.6 is 0 Å². The number of hydrogen-bond donors (Lipinski definition) is 1. The molecule has 1 aliphatic heterocycles. The van der Waals surface area contributed by atoms with E-state index < -0.39 is 5.97 Å². The van der Waals surface area contributed by atoms with Crippen LogP contribution in [0.1, 0.15) is 40.0 Å². The molecule has 1 heterocycles. The van der Waals surface area contributed by atoms with Crippen molar-refractivity contribution in [2.24, 2.45) is 0 Å². The first kappa shape index (κ1) is 16.6. The molecule has 1 aromatic carbocycles. The smallest absolute Gasteiger partial charge is 0.337 e. The van der Waals surface area contributed by atoms with Gasteiger partial charge in [0.05, 0.1) is 12.7 Å². The van der Waals surface area contributed by atoms with Crippen LogP contribution in [0.3, 0.4) is 0 Å². The first-order valence-electron chi connectivity index (χ1n) is 7.80.